The number of ether oxygens (including phenoxy) is 2. The number of anilines is 1. The smallest absolute Gasteiger partial charge is 0.342 e. The minimum atomic E-state index is -0.694. The Morgan fingerprint density at radius 1 is 1.41 bits per heavy atom. The highest BCUT2D eigenvalue weighted by atomic mass is 19.1. The summed E-state index contributed by atoms with van der Waals surface area (Å²) in [6.45, 7) is 0. The molecule has 0 radical (unpaired) electrons. The lowest BCUT2D eigenvalue weighted by molar-refractivity contribution is 0.0604. The first-order chi connectivity index (χ1) is 8.10. The van der Waals surface area contributed by atoms with Gasteiger partial charge in [0.2, 0.25) is 0 Å². The van der Waals surface area contributed by atoms with Crippen LogP contribution in [-0.2, 0) is 4.74 Å². The molecule has 0 atom stereocenters. The molecule has 1 heterocycles. The number of H-pyrrole nitrogens is 1. The quantitative estimate of drug-likeness (QED) is 0.780. The van der Waals surface area contributed by atoms with Gasteiger partial charge < -0.3 is 20.2 Å². The highest BCUT2D eigenvalue weighted by Crippen LogP contribution is 2.32. The average Bonchev–Trinajstić information content (AvgIpc) is 2.66. The molecule has 17 heavy (non-hydrogen) atoms. The number of aromatic nitrogens is 1. The molecule has 6 heteroatoms. The van der Waals surface area contributed by atoms with Gasteiger partial charge in [0.05, 0.1) is 25.1 Å². The van der Waals surface area contributed by atoms with Gasteiger partial charge in [0.25, 0.3) is 0 Å². The van der Waals surface area contributed by atoms with Crippen LogP contribution in [0.5, 0.6) is 5.75 Å². The number of hydrogen-bond donors (Lipinski definition) is 2. The molecule has 3 N–H and O–H groups in total. The van der Waals surface area contributed by atoms with Crippen molar-refractivity contribution in [1.82, 2.24) is 4.98 Å². The van der Waals surface area contributed by atoms with Crippen molar-refractivity contribution in [3.8, 4) is 5.75 Å². The number of nitrogens with two attached hydrogens (primary N) is 1. The fourth-order valence-corrected chi connectivity index (χ4v) is 1.72. The second-order valence-electron chi connectivity index (χ2n) is 3.41. The molecule has 0 aliphatic rings. The molecule has 0 amide bonds. The summed E-state index contributed by atoms with van der Waals surface area (Å²) in [5, 5.41) is 0.0775. The molecular weight excluding hydrogens is 227 g/mol. The fourth-order valence-electron chi connectivity index (χ4n) is 1.72. The third-order valence-corrected chi connectivity index (χ3v) is 2.50. The fraction of sp³-hybridized carbons (Fsp3) is 0.182. The first kappa shape index (κ1) is 11.3. The van der Waals surface area contributed by atoms with E-state index in [1.165, 1.54) is 20.3 Å². The van der Waals surface area contributed by atoms with Gasteiger partial charge in [-0.05, 0) is 12.1 Å². The first-order valence-corrected chi connectivity index (χ1v) is 4.82. The molecule has 0 spiro atoms. The van der Waals surface area contributed by atoms with Crippen LogP contribution in [0, 0.1) is 5.82 Å². The number of halogens is 1. The van der Waals surface area contributed by atoms with Crippen LogP contribution >= 0.6 is 0 Å². The topological polar surface area (TPSA) is 77.3 Å². The predicted octanol–water partition coefficient (Wildman–Crippen LogP) is 1.68. The maximum Gasteiger partial charge on any atom is 0.342 e. The normalized spacial score (nSPS) is 10.5. The number of hydrogen-bond acceptors (Lipinski definition) is 4. The van der Waals surface area contributed by atoms with E-state index in [0.717, 1.165) is 0 Å². The number of methoxy groups -OCH3 is 2. The number of carbonyl (C=O) groups is 1. The number of esters is 1. The van der Waals surface area contributed by atoms with Crippen molar-refractivity contribution in [1.29, 1.82) is 0 Å². The monoisotopic (exact) mass is 238 g/mol. The second-order valence-corrected chi connectivity index (χ2v) is 3.41. The van der Waals surface area contributed by atoms with E-state index in [0.29, 0.717) is 5.52 Å². The number of rotatable bonds is 2. The minimum Gasteiger partial charge on any atom is -0.494 e. The molecular formula is C11H11FN2O3. The molecule has 0 saturated carbocycles. The Morgan fingerprint density at radius 3 is 2.71 bits per heavy atom. The summed E-state index contributed by atoms with van der Waals surface area (Å²) in [7, 11) is 2.55. The Labute approximate surface area is 96.3 Å². The summed E-state index contributed by atoms with van der Waals surface area (Å²) in [4.78, 5) is 14.2. The molecule has 1 aromatic heterocycles. The number of nitrogen functional groups attached to an aromatic ring is 1. The summed E-state index contributed by atoms with van der Waals surface area (Å²) in [5.74, 6) is -1.22. The van der Waals surface area contributed by atoms with Gasteiger partial charge in [-0.2, -0.15) is 0 Å². The predicted molar refractivity (Wildman–Crippen MR) is 60.6 cm³/mol. The van der Waals surface area contributed by atoms with E-state index in [-0.39, 0.29) is 22.5 Å². The molecule has 90 valence electrons. The van der Waals surface area contributed by atoms with E-state index >= 15 is 0 Å². The van der Waals surface area contributed by atoms with Crippen LogP contribution in [0.25, 0.3) is 10.9 Å². The van der Waals surface area contributed by atoms with Crippen molar-refractivity contribution in [3.05, 3.63) is 23.5 Å². The zero-order valence-electron chi connectivity index (χ0n) is 9.33. The van der Waals surface area contributed by atoms with E-state index in [1.54, 1.807) is 6.07 Å². The van der Waals surface area contributed by atoms with Gasteiger partial charge in [-0.1, -0.05) is 0 Å². The molecule has 0 fully saturated rings. The van der Waals surface area contributed by atoms with Crippen LogP contribution in [0.2, 0.25) is 0 Å². The lowest BCUT2D eigenvalue weighted by atomic mass is 10.1. The van der Waals surface area contributed by atoms with Crippen molar-refractivity contribution >= 4 is 22.7 Å². The van der Waals surface area contributed by atoms with E-state index < -0.39 is 11.8 Å². The summed E-state index contributed by atoms with van der Waals surface area (Å²) in [5.41, 5.74) is 6.03. The van der Waals surface area contributed by atoms with E-state index in [1.807, 2.05) is 0 Å². The van der Waals surface area contributed by atoms with Crippen LogP contribution in [0.3, 0.4) is 0 Å². The first-order valence-electron chi connectivity index (χ1n) is 4.82. The van der Waals surface area contributed by atoms with Crippen molar-refractivity contribution in [3.63, 3.8) is 0 Å². The highest BCUT2D eigenvalue weighted by Gasteiger charge is 2.22. The van der Waals surface area contributed by atoms with Crippen LogP contribution in [0.1, 0.15) is 10.4 Å². The maximum atomic E-state index is 14.0. The van der Waals surface area contributed by atoms with E-state index in [2.05, 4.69) is 9.72 Å². The van der Waals surface area contributed by atoms with Crippen molar-refractivity contribution in [2.45, 2.75) is 0 Å². The lowest BCUT2D eigenvalue weighted by Gasteiger charge is -2.03. The molecule has 0 unspecified atom stereocenters. The van der Waals surface area contributed by atoms with Crippen LogP contribution < -0.4 is 10.5 Å². The molecule has 0 aliphatic heterocycles. The lowest BCUT2D eigenvalue weighted by Crippen LogP contribution is -2.04. The van der Waals surface area contributed by atoms with Crippen LogP contribution in [-0.4, -0.2) is 25.2 Å². The zero-order valence-corrected chi connectivity index (χ0v) is 9.33. The average molecular weight is 238 g/mol. The number of benzene rings is 1. The zero-order chi connectivity index (χ0) is 12.6. The highest BCUT2D eigenvalue weighted by molar-refractivity contribution is 6.09. The van der Waals surface area contributed by atoms with Gasteiger partial charge >= 0.3 is 5.97 Å². The van der Waals surface area contributed by atoms with Crippen LogP contribution in [0.15, 0.2) is 12.1 Å². The largest absolute Gasteiger partial charge is 0.494 e. The molecule has 0 bridgehead atoms. The number of fused-ring (bicyclic) bond motifs is 1. The van der Waals surface area contributed by atoms with Crippen molar-refractivity contribution in [2.75, 3.05) is 20.0 Å². The van der Waals surface area contributed by atoms with E-state index in [9.17, 15) is 9.18 Å². The van der Waals surface area contributed by atoms with Crippen LogP contribution in [0.4, 0.5) is 10.2 Å². The molecule has 1 aromatic carbocycles. The van der Waals surface area contributed by atoms with Gasteiger partial charge in [-0.15, -0.1) is 0 Å². The Kier molecular flexibility index (Phi) is 2.63. The Hall–Kier alpha value is -2.24. The second kappa shape index (κ2) is 3.97. The molecule has 2 aromatic rings. The number of carbonyl (C=O) groups excluding carboxylic acids is 1. The van der Waals surface area contributed by atoms with Gasteiger partial charge in [0.15, 0.2) is 11.6 Å². The van der Waals surface area contributed by atoms with Gasteiger partial charge in [0, 0.05) is 0 Å². The summed E-state index contributed by atoms with van der Waals surface area (Å²) in [6.07, 6.45) is 0. The van der Waals surface area contributed by atoms with E-state index in [4.69, 9.17) is 10.5 Å². The summed E-state index contributed by atoms with van der Waals surface area (Å²) in [6, 6.07) is 3.04. The standard InChI is InChI=1S/C11H11FN2O3/c1-16-6-4-3-5-7(9(6)12)8(10(13)14-5)11(15)17-2/h3-4,14H,13H2,1-2H3. The Balaban J connectivity index is 2.82. The van der Waals surface area contributed by atoms with Gasteiger partial charge in [-0.25, -0.2) is 9.18 Å². The number of aromatic amines is 1. The molecule has 2 rings (SSSR count). The Bertz CT molecular complexity index is 592. The van der Waals surface area contributed by atoms with Crippen molar-refractivity contribution in [2.24, 2.45) is 0 Å². The van der Waals surface area contributed by atoms with Gasteiger partial charge in [0.1, 0.15) is 11.4 Å². The maximum absolute atomic E-state index is 14.0. The van der Waals surface area contributed by atoms with Gasteiger partial charge in [-0.3, -0.25) is 0 Å². The third kappa shape index (κ3) is 1.57. The summed E-state index contributed by atoms with van der Waals surface area (Å²) >= 11 is 0. The summed E-state index contributed by atoms with van der Waals surface area (Å²) < 4.78 is 23.4. The Morgan fingerprint density at radius 2 is 2.12 bits per heavy atom. The molecule has 5 nitrogen and oxygen atoms in total. The third-order valence-electron chi connectivity index (χ3n) is 2.50. The van der Waals surface area contributed by atoms with Crippen molar-refractivity contribution < 1.29 is 18.7 Å². The number of nitrogens with one attached hydrogen (secondary N) is 1. The SMILES string of the molecule is COC(=O)c1c(N)[nH]c2ccc(OC)c(F)c12. The molecule has 0 saturated heterocycles. The minimum absolute atomic E-state index is 0.0149. The molecule has 0 aliphatic carbocycles.